The molecule has 114 valence electrons. The third kappa shape index (κ3) is 2.87. The van der Waals surface area contributed by atoms with Gasteiger partial charge in [-0.05, 0) is 24.3 Å². The maximum atomic E-state index is 13.0. The van der Waals surface area contributed by atoms with Gasteiger partial charge >= 0.3 is 6.18 Å². The van der Waals surface area contributed by atoms with E-state index in [0.717, 1.165) is 12.1 Å². The van der Waals surface area contributed by atoms with Crippen LogP contribution in [0, 0.1) is 11.3 Å². The van der Waals surface area contributed by atoms with Gasteiger partial charge in [-0.1, -0.05) is 0 Å². The number of nitriles is 1. The molecule has 23 heavy (non-hydrogen) atoms. The van der Waals surface area contributed by atoms with Gasteiger partial charge in [-0.25, -0.2) is 4.98 Å². The lowest BCUT2D eigenvalue weighted by Crippen LogP contribution is -2.08. The topological polar surface area (TPSA) is 91.1 Å². The lowest BCUT2D eigenvalue weighted by Gasteiger charge is -2.09. The number of rotatable bonds is 2. The van der Waals surface area contributed by atoms with Crippen molar-refractivity contribution < 1.29 is 13.2 Å². The molecule has 0 unspecified atom stereocenters. The zero-order valence-corrected chi connectivity index (χ0v) is 11.3. The zero-order valence-electron chi connectivity index (χ0n) is 11.3. The van der Waals surface area contributed by atoms with Crippen molar-refractivity contribution in [3.05, 3.63) is 47.8 Å². The van der Waals surface area contributed by atoms with Gasteiger partial charge in [0.1, 0.15) is 0 Å². The summed E-state index contributed by atoms with van der Waals surface area (Å²) in [6, 6.07) is 6.51. The van der Waals surface area contributed by atoms with E-state index in [0.29, 0.717) is 5.56 Å². The Balaban J connectivity index is 2.04. The van der Waals surface area contributed by atoms with Gasteiger partial charge in [0.05, 0.1) is 29.6 Å². The lowest BCUT2D eigenvalue weighted by molar-refractivity contribution is -0.137. The Morgan fingerprint density at radius 1 is 1.09 bits per heavy atom. The van der Waals surface area contributed by atoms with Gasteiger partial charge in [-0.3, -0.25) is 5.10 Å². The van der Waals surface area contributed by atoms with Crippen LogP contribution in [0.15, 0.2) is 36.7 Å². The highest BCUT2D eigenvalue weighted by Gasteiger charge is 2.34. The van der Waals surface area contributed by atoms with Crippen molar-refractivity contribution in [1.29, 1.82) is 5.26 Å². The molecule has 0 atom stereocenters. The molecule has 0 aliphatic rings. The molecule has 0 saturated carbocycles. The number of aromatic nitrogens is 5. The standard InChI is InChI=1S/C14H7F3N6/c15-14(16,17)11-5-8(1-2-9(11)6-18)12-21-13(23-22-12)10-3-4-19-20-7-10/h1-5,7H,(H,21,22,23). The van der Waals surface area contributed by atoms with E-state index in [9.17, 15) is 13.2 Å². The molecule has 1 aromatic carbocycles. The fourth-order valence-corrected chi connectivity index (χ4v) is 1.97. The third-order valence-corrected chi connectivity index (χ3v) is 3.05. The molecule has 0 spiro atoms. The smallest absolute Gasteiger partial charge is 0.259 e. The summed E-state index contributed by atoms with van der Waals surface area (Å²) in [4.78, 5) is 4.14. The maximum Gasteiger partial charge on any atom is 0.417 e. The van der Waals surface area contributed by atoms with E-state index in [1.165, 1.54) is 24.5 Å². The third-order valence-electron chi connectivity index (χ3n) is 3.05. The largest absolute Gasteiger partial charge is 0.417 e. The van der Waals surface area contributed by atoms with E-state index < -0.39 is 17.3 Å². The number of nitrogens with zero attached hydrogens (tertiary/aromatic N) is 5. The Kier molecular flexibility index (Phi) is 3.50. The van der Waals surface area contributed by atoms with Crippen LogP contribution in [-0.4, -0.2) is 25.4 Å². The van der Waals surface area contributed by atoms with Crippen LogP contribution in [0.25, 0.3) is 22.8 Å². The molecule has 0 aliphatic carbocycles. The molecule has 1 N–H and O–H groups in total. The summed E-state index contributed by atoms with van der Waals surface area (Å²) < 4.78 is 39.0. The average Bonchev–Trinajstić information content (AvgIpc) is 3.04. The van der Waals surface area contributed by atoms with E-state index >= 15 is 0 Å². The van der Waals surface area contributed by atoms with Crippen molar-refractivity contribution in [2.45, 2.75) is 6.18 Å². The van der Waals surface area contributed by atoms with Gasteiger partial charge in [-0.15, -0.1) is 0 Å². The van der Waals surface area contributed by atoms with Crippen molar-refractivity contribution in [1.82, 2.24) is 25.4 Å². The van der Waals surface area contributed by atoms with E-state index in [2.05, 4.69) is 25.4 Å². The van der Waals surface area contributed by atoms with Crippen LogP contribution in [0.5, 0.6) is 0 Å². The number of nitrogens with one attached hydrogen (secondary N) is 1. The van der Waals surface area contributed by atoms with Crippen LogP contribution < -0.4 is 0 Å². The Hall–Kier alpha value is -3.28. The molecule has 0 radical (unpaired) electrons. The number of aromatic amines is 1. The number of H-pyrrole nitrogens is 1. The average molecular weight is 316 g/mol. The van der Waals surface area contributed by atoms with Crippen molar-refractivity contribution >= 4 is 0 Å². The lowest BCUT2D eigenvalue weighted by atomic mass is 10.0. The fourth-order valence-electron chi connectivity index (χ4n) is 1.97. The number of alkyl halides is 3. The summed E-state index contributed by atoms with van der Waals surface area (Å²) in [5.74, 6) is 0.444. The molecule has 0 aliphatic heterocycles. The van der Waals surface area contributed by atoms with E-state index in [4.69, 9.17) is 5.26 Å². The summed E-state index contributed by atoms with van der Waals surface area (Å²) in [7, 11) is 0. The van der Waals surface area contributed by atoms with Crippen molar-refractivity contribution in [3.63, 3.8) is 0 Å². The van der Waals surface area contributed by atoms with Gasteiger partial charge in [0, 0.05) is 11.1 Å². The van der Waals surface area contributed by atoms with Crippen LogP contribution in [-0.2, 0) is 6.18 Å². The van der Waals surface area contributed by atoms with E-state index in [-0.39, 0.29) is 17.2 Å². The van der Waals surface area contributed by atoms with Crippen LogP contribution in [0.3, 0.4) is 0 Å². The Morgan fingerprint density at radius 2 is 1.91 bits per heavy atom. The summed E-state index contributed by atoms with van der Waals surface area (Å²) in [5.41, 5.74) is -0.704. The predicted molar refractivity (Wildman–Crippen MR) is 72.6 cm³/mol. The Morgan fingerprint density at radius 3 is 2.57 bits per heavy atom. The van der Waals surface area contributed by atoms with E-state index in [1.807, 2.05) is 0 Å². The molecule has 0 bridgehead atoms. The second-order valence-electron chi connectivity index (χ2n) is 4.51. The molecule has 0 amide bonds. The van der Waals surface area contributed by atoms with Gasteiger partial charge < -0.3 is 0 Å². The summed E-state index contributed by atoms with van der Waals surface area (Å²) >= 11 is 0. The molecule has 3 aromatic rings. The number of halogens is 3. The first-order chi connectivity index (χ1) is 11.0. The molecule has 6 nitrogen and oxygen atoms in total. The van der Waals surface area contributed by atoms with Gasteiger partial charge in [0.15, 0.2) is 11.6 Å². The molecular weight excluding hydrogens is 309 g/mol. The zero-order chi connectivity index (χ0) is 16.4. The highest BCUT2D eigenvalue weighted by molar-refractivity contribution is 5.62. The summed E-state index contributed by atoms with van der Waals surface area (Å²) in [5, 5.41) is 22.6. The minimum Gasteiger partial charge on any atom is -0.259 e. The molecule has 0 fully saturated rings. The fraction of sp³-hybridized carbons (Fsp3) is 0.0714. The minimum atomic E-state index is -4.63. The second-order valence-corrected chi connectivity index (χ2v) is 4.51. The summed E-state index contributed by atoms with van der Waals surface area (Å²) in [6.07, 6.45) is -1.74. The van der Waals surface area contributed by atoms with Crippen molar-refractivity contribution in [2.24, 2.45) is 0 Å². The van der Waals surface area contributed by atoms with Crippen LogP contribution >= 0.6 is 0 Å². The molecule has 0 saturated heterocycles. The minimum absolute atomic E-state index is 0.159. The molecule has 3 rings (SSSR count). The first-order valence-corrected chi connectivity index (χ1v) is 6.30. The second kappa shape index (κ2) is 5.49. The van der Waals surface area contributed by atoms with Crippen LogP contribution in [0.1, 0.15) is 11.1 Å². The molecular formula is C14H7F3N6. The van der Waals surface area contributed by atoms with Crippen LogP contribution in [0.2, 0.25) is 0 Å². The Bertz CT molecular complexity index is 880. The Labute approximate surface area is 127 Å². The van der Waals surface area contributed by atoms with E-state index in [1.54, 1.807) is 6.07 Å². The number of hydrogen-bond acceptors (Lipinski definition) is 5. The SMILES string of the molecule is N#Cc1ccc(-c2nc(-c3ccnnc3)n[nH]2)cc1C(F)(F)F. The maximum absolute atomic E-state index is 13.0. The van der Waals surface area contributed by atoms with Gasteiger partial charge in [0.2, 0.25) is 0 Å². The van der Waals surface area contributed by atoms with Gasteiger partial charge in [0.25, 0.3) is 0 Å². The first kappa shape index (κ1) is 14.6. The quantitative estimate of drug-likeness (QED) is 0.785. The van der Waals surface area contributed by atoms with Crippen LogP contribution in [0.4, 0.5) is 13.2 Å². The number of hydrogen-bond donors (Lipinski definition) is 1. The predicted octanol–water partition coefficient (Wildman–Crippen LogP) is 2.82. The number of benzene rings is 1. The highest BCUT2D eigenvalue weighted by Crippen LogP contribution is 2.34. The van der Waals surface area contributed by atoms with Crippen molar-refractivity contribution in [2.75, 3.05) is 0 Å². The molecule has 2 heterocycles. The summed E-state index contributed by atoms with van der Waals surface area (Å²) in [6.45, 7) is 0. The van der Waals surface area contributed by atoms with Gasteiger partial charge in [-0.2, -0.15) is 33.7 Å². The normalized spacial score (nSPS) is 11.2. The monoisotopic (exact) mass is 316 g/mol. The molecule has 2 aromatic heterocycles. The van der Waals surface area contributed by atoms with Crippen molar-refractivity contribution in [3.8, 4) is 28.8 Å². The molecule has 9 heteroatoms. The highest BCUT2D eigenvalue weighted by atomic mass is 19.4. The first-order valence-electron chi connectivity index (χ1n) is 6.30.